The van der Waals surface area contributed by atoms with Crippen LogP contribution in [0.15, 0.2) is 41.1 Å². The van der Waals surface area contributed by atoms with Crippen molar-refractivity contribution in [3.63, 3.8) is 0 Å². The number of rotatable bonds is 5. The zero-order chi connectivity index (χ0) is 12.1. The van der Waals surface area contributed by atoms with E-state index in [0.29, 0.717) is 6.04 Å². The van der Waals surface area contributed by atoms with Gasteiger partial charge in [0.25, 0.3) is 0 Å². The van der Waals surface area contributed by atoms with Crippen LogP contribution in [0.1, 0.15) is 37.4 Å². The van der Waals surface area contributed by atoms with Crippen molar-refractivity contribution in [2.75, 3.05) is 5.32 Å². The molecule has 2 aromatic rings. The summed E-state index contributed by atoms with van der Waals surface area (Å²) in [5, 5.41) is 7.74. The molecule has 1 heterocycles. The number of hydrogen-bond acceptors (Lipinski definition) is 2. The first-order chi connectivity index (χ1) is 8.29. The van der Waals surface area contributed by atoms with Gasteiger partial charge in [-0.2, -0.15) is 11.3 Å². The van der Waals surface area contributed by atoms with Gasteiger partial charge in [-0.05, 0) is 35.9 Å². The molecule has 2 heteroatoms. The molecule has 17 heavy (non-hydrogen) atoms. The second-order valence-corrected chi connectivity index (χ2v) is 5.15. The van der Waals surface area contributed by atoms with E-state index in [4.69, 9.17) is 0 Å². The Morgan fingerprint density at radius 3 is 2.53 bits per heavy atom. The molecule has 1 atom stereocenters. The first-order valence-corrected chi connectivity index (χ1v) is 7.11. The molecule has 0 aliphatic rings. The van der Waals surface area contributed by atoms with Gasteiger partial charge in [0, 0.05) is 17.1 Å². The predicted molar refractivity (Wildman–Crippen MR) is 76.8 cm³/mol. The topological polar surface area (TPSA) is 12.0 Å². The van der Waals surface area contributed by atoms with Gasteiger partial charge in [-0.25, -0.2) is 0 Å². The van der Waals surface area contributed by atoms with Crippen LogP contribution in [0.2, 0.25) is 0 Å². The molecule has 0 aliphatic heterocycles. The van der Waals surface area contributed by atoms with E-state index in [-0.39, 0.29) is 0 Å². The van der Waals surface area contributed by atoms with Gasteiger partial charge in [0.05, 0.1) is 0 Å². The standard InChI is InChI=1S/C15H19NS/c1-3-4-13-5-7-14(8-6-13)12(2)16-15-9-10-17-11-15/h5-12,16H,3-4H2,1-2H3. The van der Waals surface area contributed by atoms with Crippen LogP contribution in [-0.4, -0.2) is 0 Å². The third kappa shape index (κ3) is 3.34. The molecule has 0 fully saturated rings. The number of hydrogen-bond donors (Lipinski definition) is 1. The highest BCUT2D eigenvalue weighted by molar-refractivity contribution is 7.08. The van der Waals surface area contributed by atoms with Crippen LogP contribution in [0.4, 0.5) is 5.69 Å². The highest BCUT2D eigenvalue weighted by Gasteiger charge is 2.05. The second-order valence-electron chi connectivity index (χ2n) is 4.37. The lowest BCUT2D eigenvalue weighted by molar-refractivity contribution is 0.877. The van der Waals surface area contributed by atoms with Crippen molar-refractivity contribution in [3.05, 3.63) is 52.2 Å². The third-order valence-electron chi connectivity index (χ3n) is 2.92. The highest BCUT2D eigenvalue weighted by atomic mass is 32.1. The third-order valence-corrected chi connectivity index (χ3v) is 3.61. The molecular weight excluding hydrogens is 226 g/mol. The average molecular weight is 245 g/mol. The van der Waals surface area contributed by atoms with Crippen molar-refractivity contribution >= 4 is 17.0 Å². The molecular formula is C15H19NS. The maximum Gasteiger partial charge on any atom is 0.0485 e. The normalized spacial score (nSPS) is 12.4. The van der Waals surface area contributed by atoms with Crippen LogP contribution in [-0.2, 0) is 6.42 Å². The summed E-state index contributed by atoms with van der Waals surface area (Å²) in [6.45, 7) is 4.42. The first kappa shape index (κ1) is 12.2. The fourth-order valence-corrected chi connectivity index (χ4v) is 2.54. The first-order valence-electron chi connectivity index (χ1n) is 6.17. The molecule has 0 spiro atoms. The highest BCUT2D eigenvalue weighted by Crippen LogP contribution is 2.21. The van der Waals surface area contributed by atoms with E-state index in [0.717, 1.165) is 0 Å². The van der Waals surface area contributed by atoms with Crippen molar-refractivity contribution in [2.45, 2.75) is 32.7 Å². The number of anilines is 1. The Hall–Kier alpha value is -1.28. The van der Waals surface area contributed by atoms with E-state index in [2.05, 4.69) is 60.3 Å². The summed E-state index contributed by atoms with van der Waals surface area (Å²) in [5.41, 5.74) is 3.98. The van der Waals surface area contributed by atoms with E-state index in [1.165, 1.54) is 29.7 Å². The second kappa shape index (κ2) is 5.87. The van der Waals surface area contributed by atoms with Crippen molar-refractivity contribution in [1.29, 1.82) is 0 Å². The summed E-state index contributed by atoms with van der Waals surface area (Å²) in [4.78, 5) is 0. The maximum absolute atomic E-state index is 3.50. The van der Waals surface area contributed by atoms with Crippen molar-refractivity contribution in [3.8, 4) is 0 Å². The van der Waals surface area contributed by atoms with Gasteiger partial charge in [0.1, 0.15) is 0 Å². The van der Waals surface area contributed by atoms with Crippen LogP contribution in [0.3, 0.4) is 0 Å². The minimum Gasteiger partial charge on any atom is -0.378 e. The van der Waals surface area contributed by atoms with Gasteiger partial charge in [-0.1, -0.05) is 37.6 Å². The molecule has 0 saturated carbocycles. The fraction of sp³-hybridized carbons (Fsp3) is 0.333. The zero-order valence-electron chi connectivity index (χ0n) is 10.4. The number of aryl methyl sites for hydroxylation is 1. The van der Waals surface area contributed by atoms with Crippen LogP contribution >= 0.6 is 11.3 Å². The molecule has 1 unspecified atom stereocenters. The Kier molecular flexibility index (Phi) is 4.21. The number of nitrogens with one attached hydrogen (secondary N) is 1. The molecule has 1 aromatic heterocycles. The van der Waals surface area contributed by atoms with E-state index < -0.39 is 0 Å². The van der Waals surface area contributed by atoms with Crippen LogP contribution in [0.5, 0.6) is 0 Å². The van der Waals surface area contributed by atoms with Crippen molar-refractivity contribution in [2.24, 2.45) is 0 Å². The lowest BCUT2D eigenvalue weighted by Crippen LogP contribution is -2.05. The molecule has 90 valence electrons. The van der Waals surface area contributed by atoms with Gasteiger partial charge in [-0.3, -0.25) is 0 Å². The van der Waals surface area contributed by atoms with Crippen LogP contribution in [0, 0.1) is 0 Å². The van der Waals surface area contributed by atoms with Crippen molar-refractivity contribution < 1.29 is 0 Å². The lowest BCUT2D eigenvalue weighted by atomic mass is 10.0. The Balaban J connectivity index is 2.01. The Morgan fingerprint density at radius 1 is 1.18 bits per heavy atom. The summed E-state index contributed by atoms with van der Waals surface area (Å²) < 4.78 is 0. The summed E-state index contributed by atoms with van der Waals surface area (Å²) in [5.74, 6) is 0. The molecule has 0 saturated heterocycles. The Bertz CT molecular complexity index is 430. The molecule has 1 N–H and O–H groups in total. The summed E-state index contributed by atoms with van der Waals surface area (Å²) in [6.07, 6.45) is 2.38. The largest absolute Gasteiger partial charge is 0.378 e. The summed E-state index contributed by atoms with van der Waals surface area (Å²) in [7, 11) is 0. The Labute approximate surface area is 108 Å². The quantitative estimate of drug-likeness (QED) is 0.792. The zero-order valence-corrected chi connectivity index (χ0v) is 11.3. The minimum absolute atomic E-state index is 0.361. The molecule has 0 aliphatic carbocycles. The smallest absolute Gasteiger partial charge is 0.0485 e. The van der Waals surface area contributed by atoms with E-state index in [9.17, 15) is 0 Å². The fourth-order valence-electron chi connectivity index (χ4n) is 1.94. The molecule has 2 rings (SSSR count). The van der Waals surface area contributed by atoms with Crippen molar-refractivity contribution in [1.82, 2.24) is 0 Å². The SMILES string of the molecule is CCCc1ccc(C(C)Nc2ccsc2)cc1. The predicted octanol–water partition coefficient (Wildman–Crippen LogP) is 4.87. The maximum atomic E-state index is 3.50. The van der Waals surface area contributed by atoms with Gasteiger partial charge < -0.3 is 5.32 Å². The van der Waals surface area contributed by atoms with E-state index in [1.807, 2.05) is 0 Å². The van der Waals surface area contributed by atoms with Gasteiger partial charge >= 0.3 is 0 Å². The molecule has 0 bridgehead atoms. The van der Waals surface area contributed by atoms with E-state index in [1.54, 1.807) is 11.3 Å². The average Bonchev–Trinajstić information content (AvgIpc) is 2.83. The number of thiophene rings is 1. The van der Waals surface area contributed by atoms with Crippen LogP contribution in [0.25, 0.3) is 0 Å². The molecule has 1 aromatic carbocycles. The van der Waals surface area contributed by atoms with Gasteiger partial charge in [0.15, 0.2) is 0 Å². The molecule has 0 radical (unpaired) electrons. The molecule has 1 nitrogen and oxygen atoms in total. The lowest BCUT2D eigenvalue weighted by Gasteiger charge is -2.14. The van der Waals surface area contributed by atoms with E-state index >= 15 is 0 Å². The van der Waals surface area contributed by atoms with Crippen LogP contribution < -0.4 is 5.32 Å². The number of benzene rings is 1. The van der Waals surface area contributed by atoms with Gasteiger partial charge in [0.2, 0.25) is 0 Å². The monoisotopic (exact) mass is 245 g/mol. The minimum atomic E-state index is 0.361. The molecule has 0 amide bonds. The summed E-state index contributed by atoms with van der Waals surface area (Å²) in [6, 6.07) is 11.4. The van der Waals surface area contributed by atoms with Gasteiger partial charge in [-0.15, -0.1) is 0 Å². The Morgan fingerprint density at radius 2 is 1.94 bits per heavy atom. The summed E-state index contributed by atoms with van der Waals surface area (Å²) >= 11 is 1.72.